The van der Waals surface area contributed by atoms with E-state index in [1.165, 1.54) is 30.7 Å². The van der Waals surface area contributed by atoms with Crippen molar-refractivity contribution >= 4 is 54.8 Å². The van der Waals surface area contributed by atoms with Gasteiger partial charge in [-0.1, -0.05) is 6.07 Å². The van der Waals surface area contributed by atoms with Gasteiger partial charge in [-0.25, -0.2) is 14.4 Å². The number of amides is 1. The monoisotopic (exact) mass is 448 g/mol. The number of carbonyl (C=O) groups is 2. The Morgan fingerprint density at radius 1 is 1.09 bits per heavy atom. The summed E-state index contributed by atoms with van der Waals surface area (Å²) in [7, 11) is 0. The van der Waals surface area contributed by atoms with Gasteiger partial charge in [0.05, 0.1) is 15.6 Å². The first-order valence-corrected chi connectivity index (χ1v) is 11.3. The maximum Gasteiger partial charge on any atom is 0.227 e. The molecule has 0 aliphatic carbocycles. The quantitative estimate of drug-likeness (QED) is 0.443. The number of anilines is 2. The number of Topliss-reactive ketones (excluding diaryl/α,β-unsaturated/α-hetero) is 1. The van der Waals surface area contributed by atoms with E-state index in [1.54, 1.807) is 30.3 Å². The second-order valence-electron chi connectivity index (χ2n) is 7.97. The average Bonchev–Trinajstić information content (AvgIpc) is 3.19. The molecule has 2 aromatic heterocycles. The lowest BCUT2D eigenvalue weighted by atomic mass is 9.95. The third kappa shape index (κ3) is 3.71. The number of carbonyl (C=O) groups excluding carboxylic acids is 2. The molecule has 2 aromatic carbocycles. The molecule has 1 fully saturated rings. The zero-order valence-corrected chi connectivity index (χ0v) is 18.3. The highest BCUT2D eigenvalue weighted by Crippen LogP contribution is 2.39. The first-order chi connectivity index (χ1) is 15.5. The van der Waals surface area contributed by atoms with Crippen LogP contribution in [-0.2, 0) is 4.79 Å². The Kier molecular flexibility index (Phi) is 5.30. The van der Waals surface area contributed by atoms with Crippen LogP contribution in [0.5, 0.6) is 0 Å². The molecule has 3 heterocycles. The minimum atomic E-state index is -0.273. The zero-order valence-electron chi connectivity index (χ0n) is 17.5. The van der Waals surface area contributed by atoms with Crippen LogP contribution < -0.4 is 10.2 Å². The number of hydrogen-bond donors (Lipinski definition) is 1. The zero-order chi connectivity index (χ0) is 22.2. The summed E-state index contributed by atoms with van der Waals surface area (Å²) < 4.78 is 16.1. The van der Waals surface area contributed by atoms with Crippen LogP contribution in [0.4, 0.5) is 15.9 Å². The van der Waals surface area contributed by atoms with Crippen molar-refractivity contribution in [3.8, 4) is 0 Å². The smallest absolute Gasteiger partial charge is 0.227 e. The van der Waals surface area contributed by atoms with E-state index in [0.29, 0.717) is 48.1 Å². The number of rotatable bonds is 4. The summed E-state index contributed by atoms with van der Waals surface area (Å²) >= 11 is 1.50. The number of piperidine rings is 1. The molecule has 1 saturated heterocycles. The summed E-state index contributed by atoms with van der Waals surface area (Å²) in [6.07, 6.45) is 2.88. The molecular formula is C24H21FN4O2S. The molecule has 5 rings (SSSR count). The van der Waals surface area contributed by atoms with Crippen molar-refractivity contribution in [2.45, 2.75) is 19.8 Å². The van der Waals surface area contributed by atoms with Crippen molar-refractivity contribution in [1.82, 2.24) is 9.97 Å². The van der Waals surface area contributed by atoms with Gasteiger partial charge in [-0.05, 0) is 56.2 Å². The summed E-state index contributed by atoms with van der Waals surface area (Å²) in [4.78, 5) is 35.1. The predicted molar refractivity (Wildman–Crippen MR) is 125 cm³/mol. The van der Waals surface area contributed by atoms with Crippen LogP contribution in [0.3, 0.4) is 0 Å². The molecule has 4 aromatic rings. The highest BCUT2D eigenvalue weighted by Gasteiger charge is 2.27. The molecule has 0 atom stereocenters. The molecule has 0 radical (unpaired) electrons. The Morgan fingerprint density at radius 2 is 1.84 bits per heavy atom. The van der Waals surface area contributed by atoms with E-state index >= 15 is 0 Å². The topological polar surface area (TPSA) is 75.2 Å². The molecule has 1 aliphatic rings. The van der Waals surface area contributed by atoms with Crippen LogP contribution in [0.1, 0.15) is 30.1 Å². The molecule has 8 heteroatoms. The summed E-state index contributed by atoms with van der Waals surface area (Å²) in [6.45, 7) is 2.89. The second kappa shape index (κ2) is 8.27. The molecule has 6 nitrogen and oxygen atoms in total. The molecular weight excluding hydrogens is 427 g/mol. The van der Waals surface area contributed by atoms with Crippen LogP contribution in [0, 0.1) is 11.7 Å². The lowest BCUT2D eigenvalue weighted by molar-refractivity contribution is -0.120. The second-order valence-corrected chi connectivity index (χ2v) is 9.03. The number of nitrogens with one attached hydrogen (secondary N) is 1. The highest BCUT2D eigenvalue weighted by atomic mass is 32.1. The summed E-state index contributed by atoms with van der Waals surface area (Å²) in [6, 6.07) is 12.0. The highest BCUT2D eigenvalue weighted by molar-refractivity contribution is 7.26. The van der Waals surface area contributed by atoms with Crippen molar-refractivity contribution in [1.29, 1.82) is 0 Å². The van der Waals surface area contributed by atoms with E-state index in [4.69, 9.17) is 0 Å². The molecule has 0 saturated carbocycles. The van der Waals surface area contributed by atoms with Crippen LogP contribution in [-0.4, -0.2) is 34.7 Å². The third-order valence-electron chi connectivity index (χ3n) is 5.93. The number of aromatic nitrogens is 2. The lowest BCUT2D eigenvalue weighted by Gasteiger charge is -2.32. The Hall–Kier alpha value is -3.39. The van der Waals surface area contributed by atoms with Gasteiger partial charge in [-0.3, -0.25) is 9.59 Å². The first-order valence-electron chi connectivity index (χ1n) is 10.5. The predicted octanol–water partition coefficient (Wildman–Crippen LogP) is 5.04. The number of benzene rings is 2. The molecule has 0 unspecified atom stereocenters. The summed E-state index contributed by atoms with van der Waals surface area (Å²) in [5.74, 6) is 0.405. The van der Waals surface area contributed by atoms with Gasteiger partial charge in [0.1, 0.15) is 18.0 Å². The molecule has 0 spiro atoms. The van der Waals surface area contributed by atoms with E-state index < -0.39 is 0 Å². The van der Waals surface area contributed by atoms with E-state index in [-0.39, 0.29) is 23.4 Å². The minimum Gasteiger partial charge on any atom is -0.355 e. The van der Waals surface area contributed by atoms with E-state index in [1.807, 2.05) is 6.07 Å². The Labute approximate surface area is 188 Å². The fraction of sp³-hybridized carbons (Fsp3) is 0.250. The Morgan fingerprint density at radius 3 is 2.56 bits per heavy atom. The molecule has 0 bridgehead atoms. The number of nitrogens with zero attached hydrogens (tertiary/aromatic N) is 3. The van der Waals surface area contributed by atoms with Crippen LogP contribution in [0.25, 0.3) is 20.3 Å². The summed E-state index contributed by atoms with van der Waals surface area (Å²) in [5, 5.41) is 3.49. The maximum atomic E-state index is 14.4. The largest absolute Gasteiger partial charge is 0.355 e. The van der Waals surface area contributed by atoms with Gasteiger partial charge in [0.15, 0.2) is 5.78 Å². The lowest BCUT2D eigenvalue weighted by Crippen LogP contribution is -2.38. The van der Waals surface area contributed by atoms with Gasteiger partial charge in [0.25, 0.3) is 0 Å². The van der Waals surface area contributed by atoms with Crippen molar-refractivity contribution < 1.29 is 14.0 Å². The third-order valence-corrected chi connectivity index (χ3v) is 7.07. The van der Waals surface area contributed by atoms with Crippen molar-refractivity contribution in [2.24, 2.45) is 5.92 Å². The molecule has 162 valence electrons. The van der Waals surface area contributed by atoms with E-state index in [9.17, 15) is 14.0 Å². The van der Waals surface area contributed by atoms with Gasteiger partial charge in [0.2, 0.25) is 5.91 Å². The normalized spacial score (nSPS) is 14.8. The van der Waals surface area contributed by atoms with E-state index in [0.717, 1.165) is 15.2 Å². The van der Waals surface area contributed by atoms with Crippen LogP contribution in [0.2, 0.25) is 0 Å². The SMILES string of the molecule is CC(=O)c1ccc(NC(=O)C2CCN(c3ncnc4c3sc3cccc(F)c34)CC2)cc1. The van der Waals surface area contributed by atoms with Gasteiger partial charge < -0.3 is 10.2 Å². The van der Waals surface area contributed by atoms with Gasteiger partial charge in [0, 0.05) is 35.0 Å². The van der Waals surface area contributed by atoms with Gasteiger partial charge >= 0.3 is 0 Å². The molecule has 1 aliphatic heterocycles. The Balaban J connectivity index is 1.30. The maximum absolute atomic E-state index is 14.4. The minimum absolute atomic E-state index is 0.00421. The number of hydrogen-bond acceptors (Lipinski definition) is 6. The standard InChI is InChI=1S/C24H21FN4O2S/c1-14(30)15-5-7-17(8-6-15)28-24(31)16-9-11-29(12-10-16)23-22-21(26-13-27-23)20-18(25)3-2-4-19(20)32-22/h2-8,13,16H,9-12H2,1H3,(H,28,31). The van der Waals surface area contributed by atoms with Crippen LogP contribution >= 0.6 is 11.3 Å². The summed E-state index contributed by atoms with van der Waals surface area (Å²) in [5.41, 5.74) is 1.95. The fourth-order valence-electron chi connectivity index (χ4n) is 4.18. The fourth-order valence-corrected chi connectivity index (χ4v) is 5.36. The number of fused-ring (bicyclic) bond motifs is 3. The van der Waals surface area contributed by atoms with Crippen molar-refractivity contribution in [3.05, 3.63) is 60.2 Å². The number of halogens is 1. The van der Waals surface area contributed by atoms with Gasteiger partial charge in [-0.2, -0.15) is 0 Å². The van der Waals surface area contributed by atoms with Gasteiger partial charge in [-0.15, -0.1) is 11.3 Å². The average molecular weight is 449 g/mol. The molecule has 1 amide bonds. The Bertz CT molecular complexity index is 1330. The number of thiophene rings is 1. The molecule has 1 N–H and O–H groups in total. The molecule has 32 heavy (non-hydrogen) atoms. The first kappa shape index (κ1) is 20.5. The number of ketones is 1. The van der Waals surface area contributed by atoms with Crippen molar-refractivity contribution in [3.63, 3.8) is 0 Å². The van der Waals surface area contributed by atoms with Crippen molar-refractivity contribution in [2.75, 3.05) is 23.3 Å². The van der Waals surface area contributed by atoms with E-state index in [2.05, 4.69) is 20.2 Å². The van der Waals surface area contributed by atoms with Crippen LogP contribution in [0.15, 0.2) is 48.8 Å².